The Kier molecular flexibility index (Phi) is 2.93. The molecule has 5 heterocycles. The lowest BCUT2D eigenvalue weighted by Gasteiger charge is -2.44. The molecule has 0 aliphatic carbocycles. The molecule has 3 aliphatic heterocycles. The maximum atomic E-state index is 12.3. The summed E-state index contributed by atoms with van der Waals surface area (Å²) in [5.74, 6) is 0.579. The Morgan fingerprint density at radius 1 is 1.35 bits per heavy atom. The first-order chi connectivity index (χ1) is 9.79. The van der Waals surface area contributed by atoms with Crippen LogP contribution in [0.25, 0.3) is 10.2 Å². The Bertz CT molecular complexity index is 647. The van der Waals surface area contributed by atoms with Crippen LogP contribution >= 0.6 is 11.3 Å². The van der Waals surface area contributed by atoms with Crippen LogP contribution in [0.2, 0.25) is 0 Å². The van der Waals surface area contributed by atoms with Crippen LogP contribution in [0.4, 0.5) is 0 Å². The average Bonchev–Trinajstić information content (AvgIpc) is 2.96. The number of pyridine rings is 1. The van der Waals surface area contributed by atoms with E-state index in [0.717, 1.165) is 16.8 Å². The van der Waals surface area contributed by atoms with Gasteiger partial charge in [0.1, 0.15) is 5.69 Å². The molecule has 0 spiro atoms. The van der Waals surface area contributed by atoms with Crippen molar-refractivity contribution in [3.63, 3.8) is 0 Å². The van der Waals surface area contributed by atoms with Crippen LogP contribution in [-0.4, -0.2) is 46.5 Å². The first-order valence-corrected chi connectivity index (χ1v) is 7.90. The third-order valence-electron chi connectivity index (χ3n) is 4.42. The number of thiazole rings is 1. The van der Waals surface area contributed by atoms with Crippen molar-refractivity contribution >= 4 is 27.5 Å². The zero-order valence-corrected chi connectivity index (χ0v) is 11.9. The predicted octanol–water partition coefficient (Wildman–Crippen LogP) is 1.52. The summed E-state index contributed by atoms with van der Waals surface area (Å²) < 4.78 is 1.01. The summed E-state index contributed by atoms with van der Waals surface area (Å²) in [7, 11) is 0. The van der Waals surface area contributed by atoms with Crippen molar-refractivity contribution in [1.82, 2.24) is 20.2 Å². The van der Waals surface area contributed by atoms with Gasteiger partial charge in [0.2, 0.25) is 0 Å². The highest BCUT2D eigenvalue weighted by atomic mass is 32.1. The smallest absolute Gasteiger partial charge is 0.270 e. The summed E-state index contributed by atoms with van der Waals surface area (Å²) in [5.41, 5.74) is 3.13. The maximum absolute atomic E-state index is 12.3. The van der Waals surface area contributed by atoms with E-state index in [4.69, 9.17) is 0 Å². The monoisotopic (exact) mass is 288 g/mol. The van der Waals surface area contributed by atoms with Gasteiger partial charge >= 0.3 is 0 Å². The molecule has 3 aliphatic rings. The molecule has 104 valence electrons. The van der Waals surface area contributed by atoms with E-state index < -0.39 is 0 Å². The Balaban J connectivity index is 1.52. The molecule has 0 aromatic carbocycles. The molecule has 3 fully saturated rings. The predicted molar refractivity (Wildman–Crippen MR) is 77.8 cm³/mol. The highest BCUT2D eigenvalue weighted by Gasteiger charge is 2.35. The molecule has 2 bridgehead atoms. The summed E-state index contributed by atoms with van der Waals surface area (Å²) in [4.78, 5) is 23.2. The fourth-order valence-electron chi connectivity index (χ4n) is 3.26. The van der Waals surface area contributed by atoms with Crippen molar-refractivity contribution in [1.29, 1.82) is 0 Å². The number of fused-ring (bicyclic) bond motifs is 4. The van der Waals surface area contributed by atoms with Gasteiger partial charge in [-0.25, -0.2) is 9.97 Å². The molecule has 5 nitrogen and oxygen atoms in total. The van der Waals surface area contributed by atoms with E-state index in [1.54, 1.807) is 11.7 Å². The molecule has 0 radical (unpaired) electrons. The number of rotatable bonds is 2. The second-order valence-electron chi connectivity index (χ2n) is 5.61. The van der Waals surface area contributed by atoms with Crippen LogP contribution in [0.15, 0.2) is 17.8 Å². The molecule has 1 atom stereocenters. The highest BCUT2D eigenvalue weighted by molar-refractivity contribution is 7.16. The standard InChI is InChI=1S/C14H16N4OS/c19-14(10-5-13-11(6-15-10)16-8-20-13)17-12-7-18-3-1-9(12)2-4-18/h5-6,8-9,12H,1-4,7H2,(H,17,19). The number of carbonyl (C=O) groups is 1. The number of amides is 1. The van der Waals surface area contributed by atoms with E-state index >= 15 is 0 Å². The Morgan fingerprint density at radius 3 is 2.95 bits per heavy atom. The Morgan fingerprint density at radius 2 is 2.20 bits per heavy atom. The molecule has 2 aromatic heterocycles. The van der Waals surface area contributed by atoms with Crippen molar-refractivity contribution in [3.8, 4) is 0 Å². The Labute approximate surface area is 121 Å². The van der Waals surface area contributed by atoms with Crippen molar-refractivity contribution in [2.24, 2.45) is 5.92 Å². The number of nitrogens with one attached hydrogen (secondary N) is 1. The van der Waals surface area contributed by atoms with Gasteiger partial charge in [-0.1, -0.05) is 0 Å². The van der Waals surface area contributed by atoms with Gasteiger partial charge in [0, 0.05) is 12.6 Å². The van der Waals surface area contributed by atoms with Gasteiger partial charge in [0.05, 0.1) is 21.9 Å². The quantitative estimate of drug-likeness (QED) is 0.910. The lowest BCUT2D eigenvalue weighted by Crippen LogP contribution is -2.57. The molecule has 1 amide bonds. The van der Waals surface area contributed by atoms with E-state index in [1.165, 1.54) is 37.3 Å². The van der Waals surface area contributed by atoms with Crippen LogP contribution in [0.5, 0.6) is 0 Å². The molecule has 6 heteroatoms. The van der Waals surface area contributed by atoms with E-state index in [1.807, 2.05) is 6.07 Å². The van der Waals surface area contributed by atoms with Crippen molar-refractivity contribution in [3.05, 3.63) is 23.5 Å². The average molecular weight is 288 g/mol. The van der Waals surface area contributed by atoms with Crippen molar-refractivity contribution in [2.75, 3.05) is 19.6 Å². The van der Waals surface area contributed by atoms with Gasteiger partial charge in [0.15, 0.2) is 0 Å². The minimum absolute atomic E-state index is 0.0564. The largest absolute Gasteiger partial charge is 0.346 e. The van der Waals surface area contributed by atoms with Crippen LogP contribution in [-0.2, 0) is 0 Å². The molecule has 3 saturated heterocycles. The van der Waals surface area contributed by atoms with Crippen molar-refractivity contribution in [2.45, 2.75) is 18.9 Å². The first kappa shape index (κ1) is 12.2. The number of piperidine rings is 3. The first-order valence-electron chi connectivity index (χ1n) is 7.02. The highest BCUT2D eigenvalue weighted by Crippen LogP contribution is 2.27. The third kappa shape index (κ3) is 2.09. The normalized spacial score (nSPS) is 28.7. The molecule has 1 unspecified atom stereocenters. The number of nitrogens with zero attached hydrogens (tertiary/aromatic N) is 3. The Hall–Kier alpha value is -1.53. The zero-order chi connectivity index (χ0) is 13.5. The molecule has 0 saturated carbocycles. The van der Waals surface area contributed by atoms with E-state index in [9.17, 15) is 4.79 Å². The van der Waals surface area contributed by atoms with E-state index in [0.29, 0.717) is 11.6 Å². The summed E-state index contributed by atoms with van der Waals surface area (Å²) in [6, 6.07) is 2.12. The topological polar surface area (TPSA) is 58.1 Å². The second-order valence-corrected chi connectivity index (χ2v) is 6.49. The van der Waals surface area contributed by atoms with Gasteiger partial charge in [0.25, 0.3) is 5.91 Å². The number of aromatic nitrogens is 2. The number of hydrogen-bond donors (Lipinski definition) is 1. The minimum atomic E-state index is -0.0564. The van der Waals surface area contributed by atoms with Gasteiger partial charge in [-0.05, 0) is 37.9 Å². The molecule has 20 heavy (non-hydrogen) atoms. The summed E-state index contributed by atoms with van der Waals surface area (Å²) >= 11 is 1.54. The lowest BCUT2D eigenvalue weighted by molar-refractivity contribution is 0.0618. The van der Waals surface area contributed by atoms with E-state index in [-0.39, 0.29) is 11.9 Å². The van der Waals surface area contributed by atoms with Gasteiger partial charge in [-0.2, -0.15) is 0 Å². The lowest BCUT2D eigenvalue weighted by atomic mass is 9.84. The second kappa shape index (κ2) is 4.79. The molecular weight excluding hydrogens is 272 g/mol. The molecular formula is C14H16N4OS. The fourth-order valence-corrected chi connectivity index (χ4v) is 3.94. The van der Waals surface area contributed by atoms with Gasteiger partial charge in [-0.3, -0.25) is 4.79 Å². The maximum Gasteiger partial charge on any atom is 0.270 e. The number of carbonyl (C=O) groups excluding carboxylic acids is 1. The summed E-state index contributed by atoms with van der Waals surface area (Å²) in [6.07, 6.45) is 4.08. The van der Waals surface area contributed by atoms with Crippen molar-refractivity contribution < 1.29 is 4.79 Å². The zero-order valence-electron chi connectivity index (χ0n) is 11.1. The molecule has 1 N–H and O–H groups in total. The van der Waals surface area contributed by atoms with Crippen LogP contribution in [0, 0.1) is 5.92 Å². The van der Waals surface area contributed by atoms with Crippen LogP contribution in [0.3, 0.4) is 0 Å². The van der Waals surface area contributed by atoms with Crippen LogP contribution < -0.4 is 5.32 Å². The SMILES string of the molecule is O=C(NC1CN2CCC1CC2)c1cc2scnc2cn1. The van der Waals surface area contributed by atoms with Gasteiger partial charge in [-0.15, -0.1) is 11.3 Å². The fraction of sp³-hybridized carbons (Fsp3) is 0.500. The van der Waals surface area contributed by atoms with Gasteiger partial charge < -0.3 is 10.2 Å². The van der Waals surface area contributed by atoms with Crippen LogP contribution in [0.1, 0.15) is 23.3 Å². The molecule has 5 rings (SSSR count). The molecule has 2 aromatic rings. The number of hydrogen-bond acceptors (Lipinski definition) is 5. The van der Waals surface area contributed by atoms with E-state index in [2.05, 4.69) is 20.2 Å². The third-order valence-corrected chi connectivity index (χ3v) is 5.21. The summed E-state index contributed by atoms with van der Waals surface area (Å²) in [5, 5.41) is 3.16. The minimum Gasteiger partial charge on any atom is -0.346 e. The summed E-state index contributed by atoms with van der Waals surface area (Å²) in [6.45, 7) is 3.35.